The standard InChI is InChI=1S/C12H20N2O3S/c1-10-5-7-14(8-6-10)18(15,16)12-4-3-11(17-12)9-13-2/h3-4,10,13H,5-9H2,1-2H3. The van der Waals surface area contributed by atoms with Crippen LogP contribution in [0.1, 0.15) is 25.5 Å². The first-order valence-corrected chi connectivity index (χ1v) is 7.71. The van der Waals surface area contributed by atoms with E-state index < -0.39 is 10.0 Å². The minimum absolute atomic E-state index is 0.0577. The molecule has 0 aliphatic carbocycles. The first kappa shape index (κ1) is 13.6. The number of rotatable bonds is 4. The van der Waals surface area contributed by atoms with E-state index >= 15 is 0 Å². The molecular weight excluding hydrogens is 252 g/mol. The van der Waals surface area contributed by atoms with Gasteiger partial charge in [0.25, 0.3) is 10.0 Å². The van der Waals surface area contributed by atoms with Gasteiger partial charge in [-0.1, -0.05) is 6.92 Å². The Labute approximate surface area is 108 Å². The third kappa shape index (κ3) is 2.76. The molecule has 0 radical (unpaired) electrons. The van der Waals surface area contributed by atoms with Gasteiger partial charge in [0.15, 0.2) is 0 Å². The van der Waals surface area contributed by atoms with Crippen molar-refractivity contribution in [2.45, 2.75) is 31.4 Å². The molecule has 0 spiro atoms. The Kier molecular flexibility index (Phi) is 4.09. The summed E-state index contributed by atoms with van der Waals surface area (Å²) in [7, 11) is -1.65. The van der Waals surface area contributed by atoms with Gasteiger partial charge in [-0.3, -0.25) is 0 Å². The highest BCUT2D eigenvalue weighted by Crippen LogP contribution is 2.24. The molecular formula is C12H20N2O3S. The lowest BCUT2D eigenvalue weighted by atomic mass is 10.0. The van der Waals surface area contributed by atoms with Gasteiger partial charge in [-0.15, -0.1) is 0 Å². The van der Waals surface area contributed by atoms with Crippen molar-refractivity contribution in [2.24, 2.45) is 5.92 Å². The van der Waals surface area contributed by atoms with E-state index in [0.29, 0.717) is 31.3 Å². The summed E-state index contributed by atoms with van der Waals surface area (Å²) in [6, 6.07) is 3.25. The molecule has 6 heteroatoms. The Hall–Kier alpha value is -0.850. The summed E-state index contributed by atoms with van der Waals surface area (Å²) in [5.41, 5.74) is 0. The summed E-state index contributed by atoms with van der Waals surface area (Å²) in [6.45, 7) is 3.87. The van der Waals surface area contributed by atoms with Crippen LogP contribution < -0.4 is 5.32 Å². The van der Waals surface area contributed by atoms with Gasteiger partial charge in [-0.05, 0) is 37.9 Å². The number of nitrogens with one attached hydrogen (secondary N) is 1. The zero-order valence-corrected chi connectivity index (χ0v) is 11.7. The number of hydrogen-bond acceptors (Lipinski definition) is 4. The number of piperidine rings is 1. The largest absolute Gasteiger partial charge is 0.447 e. The normalized spacial score (nSPS) is 19.2. The molecule has 1 aromatic heterocycles. The Balaban J connectivity index is 2.14. The highest BCUT2D eigenvalue weighted by atomic mass is 32.2. The molecule has 1 saturated heterocycles. The van der Waals surface area contributed by atoms with Gasteiger partial charge in [-0.2, -0.15) is 4.31 Å². The third-order valence-electron chi connectivity index (χ3n) is 3.32. The molecule has 102 valence electrons. The number of nitrogens with zero attached hydrogens (tertiary/aromatic N) is 1. The van der Waals surface area contributed by atoms with Gasteiger partial charge in [0, 0.05) is 13.1 Å². The third-order valence-corrected chi connectivity index (χ3v) is 5.10. The first-order chi connectivity index (χ1) is 8.54. The number of sulfonamides is 1. The van der Waals surface area contributed by atoms with Crippen molar-refractivity contribution in [3.8, 4) is 0 Å². The molecule has 1 aliphatic rings. The average molecular weight is 272 g/mol. The maximum absolute atomic E-state index is 12.3. The van der Waals surface area contributed by atoms with E-state index in [1.807, 2.05) is 0 Å². The fraction of sp³-hybridized carbons (Fsp3) is 0.667. The van der Waals surface area contributed by atoms with E-state index in [2.05, 4.69) is 12.2 Å². The van der Waals surface area contributed by atoms with Crippen molar-refractivity contribution in [2.75, 3.05) is 20.1 Å². The lowest BCUT2D eigenvalue weighted by Gasteiger charge is -2.28. The van der Waals surface area contributed by atoms with Crippen LogP contribution in [0, 0.1) is 5.92 Å². The molecule has 0 atom stereocenters. The molecule has 1 N–H and O–H groups in total. The maximum atomic E-state index is 12.3. The van der Waals surface area contributed by atoms with Crippen LogP contribution in [0.15, 0.2) is 21.6 Å². The van der Waals surface area contributed by atoms with E-state index in [4.69, 9.17) is 4.42 Å². The highest BCUT2D eigenvalue weighted by Gasteiger charge is 2.30. The zero-order chi connectivity index (χ0) is 13.2. The van der Waals surface area contributed by atoms with Crippen molar-refractivity contribution in [3.05, 3.63) is 17.9 Å². The van der Waals surface area contributed by atoms with E-state index in [1.54, 1.807) is 19.2 Å². The molecule has 2 rings (SSSR count). The van der Waals surface area contributed by atoms with Crippen LogP contribution in [0.2, 0.25) is 0 Å². The highest BCUT2D eigenvalue weighted by molar-refractivity contribution is 7.89. The average Bonchev–Trinajstić information content (AvgIpc) is 2.79. The molecule has 0 amide bonds. The fourth-order valence-corrected chi connectivity index (χ4v) is 3.52. The molecule has 0 aromatic carbocycles. The van der Waals surface area contributed by atoms with E-state index in [1.165, 1.54) is 4.31 Å². The van der Waals surface area contributed by atoms with Crippen LogP contribution in [0.25, 0.3) is 0 Å². The van der Waals surface area contributed by atoms with Gasteiger partial charge >= 0.3 is 0 Å². The molecule has 2 heterocycles. The maximum Gasteiger partial charge on any atom is 0.276 e. The second-order valence-corrected chi connectivity index (χ2v) is 6.71. The van der Waals surface area contributed by atoms with Crippen molar-refractivity contribution in [1.82, 2.24) is 9.62 Å². The summed E-state index contributed by atoms with van der Waals surface area (Å²) in [4.78, 5) is 0. The van der Waals surface area contributed by atoms with Crippen molar-refractivity contribution in [1.29, 1.82) is 0 Å². The molecule has 0 bridgehead atoms. The Morgan fingerprint density at radius 3 is 2.67 bits per heavy atom. The Morgan fingerprint density at radius 2 is 2.06 bits per heavy atom. The predicted octanol–water partition coefficient (Wildman–Crippen LogP) is 1.42. The Morgan fingerprint density at radius 1 is 1.39 bits per heavy atom. The summed E-state index contributed by atoms with van der Waals surface area (Å²) >= 11 is 0. The minimum atomic E-state index is -3.44. The lowest BCUT2D eigenvalue weighted by molar-refractivity contribution is 0.279. The summed E-state index contributed by atoms with van der Waals surface area (Å²) in [6.07, 6.45) is 1.84. The smallest absolute Gasteiger partial charge is 0.276 e. The molecule has 1 aromatic rings. The van der Waals surface area contributed by atoms with Crippen LogP contribution in [0.5, 0.6) is 0 Å². The van der Waals surface area contributed by atoms with Gasteiger partial charge in [0.05, 0.1) is 6.54 Å². The monoisotopic (exact) mass is 272 g/mol. The van der Waals surface area contributed by atoms with Crippen LogP contribution in [0.4, 0.5) is 0 Å². The minimum Gasteiger partial charge on any atom is -0.447 e. The topological polar surface area (TPSA) is 62.6 Å². The summed E-state index contributed by atoms with van der Waals surface area (Å²) < 4.78 is 31.5. The van der Waals surface area contributed by atoms with Crippen molar-refractivity contribution < 1.29 is 12.8 Å². The van der Waals surface area contributed by atoms with Crippen LogP contribution in [-0.4, -0.2) is 32.9 Å². The van der Waals surface area contributed by atoms with Crippen LogP contribution in [0.3, 0.4) is 0 Å². The molecule has 0 saturated carbocycles. The number of hydrogen-bond donors (Lipinski definition) is 1. The Bertz CT molecular complexity index is 487. The fourth-order valence-electron chi connectivity index (χ4n) is 2.12. The quantitative estimate of drug-likeness (QED) is 0.900. The molecule has 18 heavy (non-hydrogen) atoms. The van der Waals surface area contributed by atoms with Gasteiger partial charge in [0.2, 0.25) is 5.09 Å². The zero-order valence-electron chi connectivity index (χ0n) is 10.8. The molecule has 1 fully saturated rings. The van der Waals surface area contributed by atoms with Crippen LogP contribution >= 0.6 is 0 Å². The molecule has 5 nitrogen and oxygen atoms in total. The SMILES string of the molecule is CNCc1ccc(S(=O)(=O)N2CCC(C)CC2)o1. The van der Waals surface area contributed by atoms with Crippen molar-refractivity contribution in [3.63, 3.8) is 0 Å². The second kappa shape index (κ2) is 5.42. The van der Waals surface area contributed by atoms with Crippen LogP contribution in [-0.2, 0) is 16.6 Å². The van der Waals surface area contributed by atoms with Gasteiger partial charge in [0.1, 0.15) is 5.76 Å². The summed E-state index contributed by atoms with van der Waals surface area (Å²) in [5.74, 6) is 1.24. The number of furan rings is 1. The first-order valence-electron chi connectivity index (χ1n) is 6.27. The summed E-state index contributed by atoms with van der Waals surface area (Å²) in [5, 5.41) is 2.99. The lowest BCUT2D eigenvalue weighted by Crippen LogP contribution is -2.37. The van der Waals surface area contributed by atoms with Crippen molar-refractivity contribution >= 4 is 10.0 Å². The molecule has 0 unspecified atom stereocenters. The second-order valence-electron chi connectivity index (χ2n) is 4.84. The van der Waals surface area contributed by atoms with E-state index in [9.17, 15) is 8.42 Å². The van der Waals surface area contributed by atoms with E-state index in [-0.39, 0.29) is 5.09 Å². The van der Waals surface area contributed by atoms with Gasteiger partial charge in [-0.25, -0.2) is 8.42 Å². The molecule has 1 aliphatic heterocycles. The van der Waals surface area contributed by atoms with E-state index in [0.717, 1.165) is 12.8 Å². The predicted molar refractivity (Wildman–Crippen MR) is 68.6 cm³/mol. The van der Waals surface area contributed by atoms with Gasteiger partial charge < -0.3 is 9.73 Å².